The highest BCUT2D eigenvalue weighted by molar-refractivity contribution is 6.06. The smallest absolute Gasteiger partial charge is 0.235 e. The second-order valence-corrected chi connectivity index (χ2v) is 7.10. The highest BCUT2D eigenvalue weighted by atomic mass is 19.1. The highest BCUT2D eigenvalue weighted by Gasteiger charge is 2.66. The van der Waals surface area contributed by atoms with Gasteiger partial charge in [-0.05, 0) is 54.4 Å². The summed E-state index contributed by atoms with van der Waals surface area (Å²) in [5, 5.41) is 3.05. The molecule has 4 aliphatic carbocycles. The number of carbonyl (C=O) groups excluding carboxylic acids is 2. The molecule has 5 heteroatoms. The van der Waals surface area contributed by atoms with Gasteiger partial charge < -0.3 is 5.32 Å². The third kappa shape index (κ3) is 1.76. The number of rotatable bonds is 3. The molecule has 118 valence electrons. The molecule has 0 spiro atoms. The van der Waals surface area contributed by atoms with Crippen LogP contribution in [0.15, 0.2) is 36.4 Å². The molecule has 1 saturated heterocycles. The van der Waals surface area contributed by atoms with Crippen molar-refractivity contribution < 1.29 is 14.0 Å². The monoisotopic (exact) mass is 312 g/mol. The van der Waals surface area contributed by atoms with E-state index in [4.69, 9.17) is 0 Å². The van der Waals surface area contributed by atoms with Crippen LogP contribution in [0.3, 0.4) is 0 Å². The molecule has 3 fully saturated rings. The summed E-state index contributed by atoms with van der Waals surface area (Å²) >= 11 is 0. The Balaban J connectivity index is 1.36. The van der Waals surface area contributed by atoms with E-state index >= 15 is 0 Å². The van der Waals surface area contributed by atoms with Gasteiger partial charge in [0.2, 0.25) is 11.8 Å². The molecule has 4 nitrogen and oxygen atoms in total. The molecule has 2 bridgehead atoms. The fourth-order valence-corrected chi connectivity index (χ4v) is 4.91. The topological polar surface area (TPSA) is 49.4 Å². The Kier molecular flexibility index (Phi) is 2.56. The lowest BCUT2D eigenvalue weighted by molar-refractivity contribution is -0.139. The van der Waals surface area contributed by atoms with E-state index in [0.717, 1.165) is 0 Å². The van der Waals surface area contributed by atoms with Crippen molar-refractivity contribution in [3.8, 4) is 0 Å². The van der Waals surface area contributed by atoms with Crippen molar-refractivity contribution in [1.29, 1.82) is 0 Å². The van der Waals surface area contributed by atoms with Crippen molar-refractivity contribution in [3.63, 3.8) is 0 Å². The number of anilines is 1. The van der Waals surface area contributed by atoms with Gasteiger partial charge in [0.15, 0.2) is 0 Å². The minimum absolute atomic E-state index is 0.0423. The number of hydrogen-bond donors (Lipinski definition) is 1. The number of nitrogens with one attached hydrogen (secondary N) is 1. The van der Waals surface area contributed by atoms with Crippen LogP contribution in [0, 0.1) is 41.3 Å². The van der Waals surface area contributed by atoms with Gasteiger partial charge in [0, 0.05) is 5.69 Å². The molecule has 1 aromatic rings. The maximum Gasteiger partial charge on any atom is 0.235 e. The van der Waals surface area contributed by atoms with Gasteiger partial charge in [-0.1, -0.05) is 12.2 Å². The Bertz CT molecular complexity index is 693. The van der Waals surface area contributed by atoms with Crippen LogP contribution in [0.1, 0.15) is 6.42 Å². The Morgan fingerprint density at radius 3 is 2.13 bits per heavy atom. The van der Waals surface area contributed by atoms with Crippen LogP contribution in [0.4, 0.5) is 10.1 Å². The van der Waals surface area contributed by atoms with E-state index in [1.165, 1.54) is 23.5 Å². The number of allylic oxidation sites excluding steroid dienone is 2. The van der Waals surface area contributed by atoms with Crippen molar-refractivity contribution in [2.24, 2.45) is 35.5 Å². The third-order valence-electron chi connectivity index (χ3n) is 6.04. The average Bonchev–Trinajstić information content (AvgIpc) is 3.33. The molecular formula is C18H17FN2O2. The van der Waals surface area contributed by atoms with Gasteiger partial charge in [-0.15, -0.1) is 0 Å². The van der Waals surface area contributed by atoms with Gasteiger partial charge in [-0.3, -0.25) is 14.5 Å². The fourth-order valence-electron chi connectivity index (χ4n) is 4.91. The summed E-state index contributed by atoms with van der Waals surface area (Å²) < 4.78 is 12.9. The second-order valence-electron chi connectivity index (χ2n) is 7.10. The maximum absolute atomic E-state index is 12.9. The van der Waals surface area contributed by atoms with Gasteiger partial charge in [-0.2, -0.15) is 0 Å². The van der Waals surface area contributed by atoms with E-state index in [-0.39, 0.29) is 48.0 Å². The number of likely N-dealkylation sites (tertiary alicyclic amines) is 1. The molecule has 2 saturated carbocycles. The van der Waals surface area contributed by atoms with Crippen molar-refractivity contribution in [2.45, 2.75) is 6.42 Å². The highest BCUT2D eigenvalue weighted by Crippen LogP contribution is 2.65. The average molecular weight is 312 g/mol. The molecule has 1 aromatic carbocycles. The zero-order valence-electron chi connectivity index (χ0n) is 12.5. The van der Waals surface area contributed by atoms with Crippen molar-refractivity contribution in [2.75, 3.05) is 12.0 Å². The molecule has 0 radical (unpaired) electrons. The Hall–Kier alpha value is -2.17. The van der Waals surface area contributed by atoms with E-state index < -0.39 is 0 Å². The zero-order valence-corrected chi connectivity index (χ0v) is 12.5. The van der Waals surface area contributed by atoms with Crippen LogP contribution < -0.4 is 5.32 Å². The summed E-state index contributed by atoms with van der Waals surface area (Å²) in [4.78, 5) is 26.9. The molecule has 2 amide bonds. The largest absolute Gasteiger partial charge is 0.367 e. The summed E-state index contributed by atoms with van der Waals surface area (Å²) in [6, 6.07) is 5.92. The minimum Gasteiger partial charge on any atom is -0.367 e. The molecule has 1 heterocycles. The molecule has 1 aliphatic heterocycles. The predicted molar refractivity (Wildman–Crippen MR) is 81.4 cm³/mol. The summed E-state index contributed by atoms with van der Waals surface area (Å²) in [6.45, 7) is 0.158. The van der Waals surface area contributed by atoms with Crippen LogP contribution in [0.2, 0.25) is 0 Å². The third-order valence-corrected chi connectivity index (χ3v) is 6.04. The lowest BCUT2D eigenvalue weighted by Gasteiger charge is -2.37. The Morgan fingerprint density at radius 2 is 1.57 bits per heavy atom. The minimum atomic E-state index is -0.309. The van der Waals surface area contributed by atoms with E-state index in [1.54, 1.807) is 12.1 Å². The van der Waals surface area contributed by atoms with Crippen molar-refractivity contribution >= 4 is 17.5 Å². The van der Waals surface area contributed by atoms with Crippen molar-refractivity contribution in [1.82, 2.24) is 4.90 Å². The molecule has 6 rings (SSSR count). The molecule has 0 unspecified atom stereocenters. The van der Waals surface area contributed by atoms with Gasteiger partial charge in [0.05, 0.1) is 18.5 Å². The first-order valence-corrected chi connectivity index (χ1v) is 8.18. The lowest BCUT2D eigenvalue weighted by atomic mass is 9.63. The molecule has 0 aromatic heterocycles. The van der Waals surface area contributed by atoms with E-state index in [9.17, 15) is 14.0 Å². The van der Waals surface area contributed by atoms with Crippen LogP contribution in [-0.4, -0.2) is 23.4 Å². The van der Waals surface area contributed by atoms with Gasteiger partial charge in [0.1, 0.15) is 5.82 Å². The number of halogens is 1. The van der Waals surface area contributed by atoms with Crippen molar-refractivity contribution in [3.05, 3.63) is 42.2 Å². The summed E-state index contributed by atoms with van der Waals surface area (Å²) in [5.74, 6) is 1.04. The first-order valence-electron chi connectivity index (χ1n) is 8.18. The summed E-state index contributed by atoms with van der Waals surface area (Å²) in [7, 11) is 0. The Labute approximate surface area is 133 Å². The van der Waals surface area contributed by atoms with Gasteiger partial charge >= 0.3 is 0 Å². The molecule has 5 aliphatic rings. The van der Waals surface area contributed by atoms with Crippen LogP contribution >= 0.6 is 0 Å². The van der Waals surface area contributed by atoms with Crippen LogP contribution in [0.25, 0.3) is 0 Å². The van der Waals surface area contributed by atoms with Gasteiger partial charge in [-0.25, -0.2) is 4.39 Å². The first kappa shape index (κ1) is 13.3. The number of imide groups is 1. The van der Waals surface area contributed by atoms with Crippen LogP contribution in [0.5, 0.6) is 0 Å². The summed E-state index contributed by atoms with van der Waals surface area (Å²) in [5.41, 5.74) is 0.700. The predicted octanol–water partition coefficient (Wildman–Crippen LogP) is 2.25. The number of nitrogens with zero attached hydrogens (tertiary/aromatic N) is 1. The Morgan fingerprint density at radius 1 is 1.00 bits per heavy atom. The zero-order chi connectivity index (χ0) is 15.7. The number of benzene rings is 1. The lowest BCUT2D eigenvalue weighted by Crippen LogP contribution is -2.40. The molecule has 1 N–H and O–H groups in total. The van der Waals surface area contributed by atoms with E-state index in [1.807, 2.05) is 0 Å². The number of amides is 2. The van der Waals surface area contributed by atoms with E-state index in [0.29, 0.717) is 17.5 Å². The standard InChI is InChI=1S/C18H17FN2O2/c19-9-1-3-10(4-2-9)20-8-21-17(22)15-11-5-6-12(14-7-13(11)14)16(15)18(21)23/h1-6,11-16,20H,7-8H2/t11-,12-,13-,14+,15+,16-/m1/s1. The number of hydrogen-bond acceptors (Lipinski definition) is 3. The number of carbonyl (C=O) groups is 2. The SMILES string of the molecule is O=C1[C@@H]2[C@@H]3C=C[C@H]([C@H]4C[C@@H]34)[C@@H]2C(=O)N1CNc1ccc(F)cc1. The second kappa shape index (κ2) is 4.43. The van der Waals surface area contributed by atoms with E-state index in [2.05, 4.69) is 17.5 Å². The first-order chi connectivity index (χ1) is 11.1. The maximum atomic E-state index is 12.9. The normalized spacial score (nSPS) is 39.4. The molecule has 6 atom stereocenters. The fraction of sp³-hybridized carbons (Fsp3) is 0.444. The molecular weight excluding hydrogens is 295 g/mol. The molecule has 23 heavy (non-hydrogen) atoms. The van der Waals surface area contributed by atoms with Gasteiger partial charge in [0.25, 0.3) is 0 Å². The quantitative estimate of drug-likeness (QED) is 0.688. The summed E-state index contributed by atoms with van der Waals surface area (Å²) in [6.07, 6.45) is 5.51. The van der Waals surface area contributed by atoms with Crippen LogP contribution in [-0.2, 0) is 9.59 Å².